The van der Waals surface area contributed by atoms with Crippen molar-refractivity contribution >= 4 is 11.7 Å². The molecule has 1 aromatic carbocycles. The van der Waals surface area contributed by atoms with Crippen molar-refractivity contribution in [1.29, 1.82) is 0 Å². The molecular formula is C16H19NO2. The minimum atomic E-state index is -0.850. The molecule has 0 radical (unpaired) electrons. The van der Waals surface area contributed by atoms with Crippen LogP contribution in [0.15, 0.2) is 30.4 Å². The zero-order valence-electron chi connectivity index (χ0n) is 11.1. The topological polar surface area (TPSA) is 49.3 Å². The SMILES string of the molecule is CCC[C@@H]1Nc2ccc(C(=O)O)cc2[C@@H]2C=CC[C@H]12. The Labute approximate surface area is 113 Å². The summed E-state index contributed by atoms with van der Waals surface area (Å²) in [6.07, 6.45) is 7.92. The van der Waals surface area contributed by atoms with Gasteiger partial charge in [-0.1, -0.05) is 25.5 Å². The lowest BCUT2D eigenvalue weighted by Gasteiger charge is -2.37. The van der Waals surface area contributed by atoms with Crippen LogP contribution in [0.2, 0.25) is 0 Å². The first-order chi connectivity index (χ1) is 9.20. The second-order valence-electron chi connectivity index (χ2n) is 5.50. The Morgan fingerprint density at radius 3 is 3.05 bits per heavy atom. The van der Waals surface area contributed by atoms with Crippen molar-refractivity contribution in [2.24, 2.45) is 5.92 Å². The molecule has 0 fully saturated rings. The van der Waals surface area contributed by atoms with Gasteiger partial charge in [-0.3, -0.25) is 0 Å². The summed E-state index contributed by atoms with van der Waals surface area (Å²) in [5.74, 6) is 0.112. The van der Waals surface area contributed by atoms with Crippen molar-refractivity contribution in [1.82, 2.24) is 0 Å². The Bertz CT molecular complexity index is 536. The zero-order valence-corrected chi connectivity index (χ0v) is 11.1. The molecule has 19 heavy (non-hydrogen) atoms. The zero-order chi connectivity index (χ0) is 13.4. The van der Waals surface area contributed by atoms with E-state index < -0.39 is 5.97 Å². The maximum absolute atomic E-state index is 11.1. The van der Waals surface area contributed by atoms with Gasteiger partial charge >= 0.3 is 5.97 Å². The normalized spacial score (nSPS) is 27.5. The average molecular weight is 257 g/mol. The van der Waals surface area contributed by atoms with Gasteiger partial charge in [0.1, 0.15) is 0 Å². The number of carboxylic acid groups (broad SMARTS) is 1. The summed E-state index contributed by atoms with van der Waals surface area (Å²) >= 11 is 0. The van der Waals surface area contributed by atoms with E-state index in [0.29, 0.717) is 23.4 Å². The van der Waals surface area contributed by atoms with Gasteiger partial charge in [-0.25, -0.2) is 4.79 Å². The Morgan fingerprint density at radius 2 is 2.32 bits per heavy atom. The first-order valence-electron chi connectivity index (χ1n) is 7.01. The molecule has 3 nitrogen and oxygen atoms in total. The molecule has 0 saturated carbocycles. The van der Waals surface area contributed by atoms with Crippen LogP contribution in [-0.2, 0) is 0 Å². The standard InChI is InChI=1S/C16H19NO2/c1-2-4-14-12-6-3-5-11(12)13-9-10(16(18)19)7-8-15(13)17-14/h3,5,7-9,11-12,14,17H,2,4,6H2,1H3,(H,18,19)/t11-,12+,14+/m1/s1. The van der Waals surface area contributed by atoms with E-state index in [9.17, 15) is 4.79 Å². The molecule has 3 rings (SSSR count). The van der Waals surface area contributed by atoms with Gasteiger partial charge in [-0.05, 0) is 42.5 Å². The van der Waals surface area contributed by atoms with E-state index in [1.807, 2.05) is 12.1 Å². The van der Waals surface area contributed by atoms with Crippen molar-refractivity contribution in [3.8, 4) is 0 Å². The number of nitrogens with one attached hydrogen (secondary N) is 1. The van der Waals surface area contributed by atoms with Crippen molar-refractivity contribution < 1.29 is 9.90 Å². The molecule has 100 valence electrons. The highest BCUT2D eigenvalue weighted by molar-refractivity contribution is 5.88. The van der Waals surface area contributed by atoms with Gasteiger partial charge in [0.2, 0.25) is 0 Å². The summed E-state index contributed by atoms with van der Waals surface area (Å²) in [5, 5.41) is 12.7. The van der Waals surface area contributed by atoms with E-state index >= 15 is 0 Å². The molecule has 3 atom stereocenters. The van der Waals surface area contributed by atoms with Crippen LogP contribution in [0.4, 0.5) is 5.69 Å². The van der Waals surface area contributed by atoms with Crippen molar-refractivity contribution in [2.75, 3.05) is 5.32 Å². The third-order valence-corrected chi connectivity index (χ3v) is 4.33. The third kappa shape index (κ3) is 2.03. The lowest BCUT2D eigenvalue weighted by molar-refractivity contribution is 0.0696. The number of allylic oxidation sites excluding steroid dienone is 2. The Balaban J connectivity index is 2.00. The molecule has 0 bridgehead atoms. The minimum absolute atomic E-state index is 0.382. The molecule has 1 aromatic rings. The van der Waals surface area contributed by atoms with Gasteiger partial charge in [0, 0.05) is 17.6 Å². The van der Waals surface area contributed by atoms with Crippen LogP contribution >= 0.6 is 0 Å². The van der Waals surface area contributed by atoms with Crippen LogP contribution in [0.5, 0.6) is 0 Å². The lowest BCUT2D eigenvalue weighted by atomic mass is 9.77. The second-order valence-corrected chi connectivity index (χ2v) is 5.50. The Hall–Kier alpha value is -1.77. The summed E-state index contributed by atoms with van der Waals surface area (Å²) in [4.78, 5) is 11.1. The summed E-state index contributed by atoms with van der Waals surface area (Å²) in [6.45, 7) is 2.21. The molecule has 0 unspecified atom stereocenters. The van der Waals surface area contributed by atoms with E-state index in [-0.39, 0.29) is 0 Å². The van der Waals surface area contributed by atoms with Gasteiger partial charge < -0.3 is 10.4 Å². The van der Waals surface area contributed by atoms with Crippen molar-refractivity contribution in [3.05, 3.63) is 41.5 Å². The molecule has 0 aromatic heterocycles. The van der Waals surface area contributed by atoms with Crippen molar-refractivity contribution in [2.45, 2.75) is 38.1 Å². The predicted molar refractivity (Wildman–Crippen MR) is 75.7 cm³/mol. The van der Waals surface area contributed by atoms with Crippen LogP contribution in [0.1, 0.15) is 48.0 Å². The number of rotatable bonds is 3. The average Bonchev–Trinajstić information content (AvgIpc) is 2.88. The molecular weight excluding hydrogens is 238 g/mol. The minimum Gasteiger partial charge on any atom is -0.478 e. The molecule has 1 aliphatic heterocycles. The van der Waals surface area contributed by atoms with Gasteiger partial charge in [0.25, 0.3) is 0 Å². The predicted octanol–water partition coefficient (Wildman–Crippen LogP) is 3.64. The molecule has 0 saturated heterocycles. The number of benzene rings is 1. The number of carboxylic acids is 1. The van der Waals surface area contributed by atoms with Gasteiger partial charge in [-0.15, -0.1) is 0 Å². The van der Waals surface area contributed by atoms with E-state index in [4.69, 9.17) is 5.11 Å². The van der Waals surface area contributed by atoms with E-state index in [1.54, 1.807) is 6.07 Å². The van der Waals surface area contributed by atoms with Crippen LogP contribution in [0.3, 0.4) is 0 Å². The van der Waals surface area contributed by atoms with E-state index in [1.165, 1.54) is 12.8 Å². The molecule has 0 spiro atoms. The number of fused-ring (bicyclic) bond motifs is 3. The lowest BCUT2D eigenvalue weighted by Crippen LogP contribution is -2.35. The largest absolute Gasteiger partial charge is 0.478 e. The summed E-state index contributed by atoms with van der Waals surface area (Å²) < 4.78 is 0. The number of hydrogen-bond donors (Lipinski definition) is 2. The monoisotopic (exact) mass is 257 g/mol. The van der Waals surface area contributed by atoms with E-state index in [0.717, 1.165) is 17.7 Å². The maximum Gasteiger partial charge on any atom is 0.335 e. The van der Waals surface area contributed by atoms with Gasteiger partial charge in [-0.2, -0.15) is 0 Å². The summed E-state index contributed by atoms with van der Waals surface area (Å²) in [7, 11) is 0. The fraction of sp³-hybridized carbons (Fsp3) is 0.438. The molecule has 3 heteroatoms. The first kappa shape index (κ1) is 12.3. The number of carbonyl (C=O) groups is 1. The molecule has 0 amide bonds. The summed E-state index contributed by atoms with van der Waals surface area (Å²) in [5.41, 5.74) is 2.63. The Morgan fingerprint density at radius 1 is 1.47 bits per heavy atom. The molecule has 1 heterocycles. The Kier molecular flexibility index (Phi) is 3.05. The van der Waals surface area contributed by atoms with E-state index in [2.05, 4.69) is 24.4 Å². The van der Waals surface area contributed by atoms with Crippen LogP contribution in [0.25, 0.3) is 0 Å². The fourth-order valence-corrected chi connectivity index (χ4v) is 3.43. The molecule has 2 aliphatic rings. The first-order valence-corrected chi connectivity index (χ1v) is 7.01. The van der Waals surface area contributed by atoms with Crippen LogP contribution < -0.4 is 5.32 Å². The highest BCUT2D eigenvalue weighted by Crippen LogP contribution is 2.45. The quantitative estimate of drug-likeness (QED) is 0.813. The van der Waals surface area contributed by atoms with Crippen LogP contribution in [0, 0.1) is 5.92 Å². The highest BCUT2D eigenvalue weighted by atomic mass is 16.4. The van der Waals surface area contributed by atoms with Gasteiger partial charge in [0.15, 0.2) is 0 Å². The fourth-order valence-electron chi connectivity index (χ4n) is 3.43. The number of aromatic carboxylic acids is 1. The number of anilines is 1. The maximum atomic E-state index is 11.1. The van der Waals surface area contributed by atoms with Crippen molar-refractivity contribution in [3.63, 3.8) is 0 Å². The second kappa shape index (κ2) is 4.72. The highest BCUT2D eigenvalue weighted by Gasteiger charge is 2.36. The third-order valence-electron chi connectivity index (χ3n) is 4.33. The summed E-state index contributed by atoms with van der Waals surface area (Å²) in [6, 6.07) is 5.95. The number of hydrogen-bond acceptors (Lipinski definition) is 2. The smallest absolute Gasteiger partial charge is 0.335 e. The molecule has 2 N–H and O–H groups in total. The van der Waals surface area contributed by atoms with Crippen LogP contribution in [-0.4, -0.2) is 17.1 Å². The molecule has 1 aliphatic carbocycles. The van der Waals surface area contributed by atoms with Gasteiger partial charge in [0.05, 0.1) is 5.56 Å².